The lowest BCUT2D eigenvalue weighted by Crippen LogP contribution is -2.51. The second-order valence-corrected chi connectivity index (χ2v) is 8.66. The van der Waals surface area contributed by atoms with Crippen LogP contribution in [0, 0.1) is 17.2 Å². The molecule has 8 nitrogen and oxygen atoms in total. The first-order valence-electron chi connectivity index (χ1n) is 11.5. The van der Waals surface area contributed by atoms with Gasteiger partial charge in [0.25, 0.3) is 11.8 Å². The zero-order valence-electron chi connectivity index (χ0n) is 19.3. The minimum Gasteiger partial charge on any atom is -0.380 e. The molecule has 0 spiro atoms. The highest BCUT2D eigenvalue weighted by Gasteiger charge is 2.36. The molecule has 2 saturated heterocycles. The summed E-state index contributed by atoms with van der Waals surface area (Å²) in [5.74, 6) is -1.24. The highest BCUT2D eigenvalue weighted by Crippen LogP contribution is 2.25. The Kier molecular flexibility index (Phi) is 8.63. The van der Waals surface area contributed by atoms with Gasteiger partial charge in [-0.1, -0.05) is 37.5 Å². The van der Waals surface area contributed by atoms with Crippen molar-refractivity contribution in [1.29, 1.82) is 5.26 Å². The topological polar surface area (TPSA) is 117 Å². The van der Waals surface area contributed by atoms with Gasteiger partial charge in [0.15, 0.2) is 12.2 Å². The fourth-order valence-electron chi connectivity index (χ4n) is 4.46. The van der Waals surface area contributed by atoms with Crippen molar-refractivity contribution in [3.63, 3.8) is 0 Å². The highest BCUT2D eigenvalue weighted by atomic mass is 16.3. The van der Waals surface area contributed by atoms with Gasteiger partial charge in [0.1, 0.15) is 6.07 Å². The van der Waals surface area contributed by atoms with Crippen molar-refractivity contribution in [1.82, 2.24) is 15.1 Å². The Morgan fingerprint density at radius 3 is 2.50 bits per heavy atom. The lowest BCUT2D eigenvalue weighted by Gasteiger charge is -2.34. The van der Waals surface area contributed by atoms with Crippen LogP contribution in [-0.2, 0) is 9.59 Å². The van der Waals surface area contributed by atoms with E-state index >= 15 is 0 Å². The molecule has 1 aliphatic carbocycles. The molecule has 2 atom stereocenters. The van der Waals surface area contributed by atoms with Crippen molar-refractivity contribution in [2.75, 3.05) is 32.7 Å². The number of carbonyl (C=O) groups is 2. The predicted octanol–water partition coefficient (Wildman–Crippen LogP) is 1.34. The molecule has 180 valence electrons. The summed E-state index contributed by atoms with van der Waals surface area (Å²) in [4.78, 5) is 28.6. The Hall–Kier alpha value is -3.41. The average molecular weight is 465 g/mol. The Labute approximate surface area is 200 Å². The number of hydrogen-bond acceptors (Lipinski definition) is 6. The van der Waals surface area contributed by atoms with Crippen LogP contribution in [0.4, 0.5) is 0 Å². The summed E-state index contributed by atoms with van der Waals surface area (Å²) >= 11 is 0. The average Bonchev–Trinajstić information content (AvgIpc) is 3.14. The molecule has 0 bridgehead atoms. The summed E-state index contributed by atoms with van der Waals surface area (Å²) in [6.07, 6.45) is 9.79. The number of aliphatic hydroxyl groups is 2. The number of carbonyl (C=O) groups excluding carboxylic acids is 2. The number of likely N-dealkylation sites (tertiary alicyclic amines) is 2. The summed E-state index contributed by atoms with van der Waals surface area (Å²) < 4.78 is 0. The first-order chi connectivity index (χ1) is 16.4. The van der Waals surface area contributed by atoms with Gasteiger partial charge < -0.3 is 25.3 Å². The van der Waals surface area contributed by atoms with Crippen molar-refractivity contribution in [2.24, 2.45) is 5.92 Å². The molecule has 3 N–H and O–H groups in total. The molecule has 0 saturated carbocycles. The maximum Gasteiger partial charge on any atom is 0.255 e. The molecule has 3 aliphatic rings. The monoisotopic (exact) mass is 464 g/mol. The van der Waals surface area contributed by atoms with Crippen LogP contribution in [0.5, 0.6) is 0 Å². The SMILES string of the molecule is C=C/C(C#N)=C(\C=C)N1CCC(CNC(=O)[C@H](O)[C@@H](O)C(=O)N2CC3=CC=CCC=C3C2)CC1. The zero-order valence-corrected chi connectivity index (χ0v) is 19.3. The van der Waals surface area contributed by atoms with E-state index in [1.165, 1.54) is 11.0 Å². The number of piperidine rings is 1. The van der Waals surface area contributed by atoms with Crippen LogP contribution in [0.3, 0.4) is 0 Å². The van der Waals surface area contributed by atoms with Gasteiger partial charge in [-0.2, -0.15) is 5.26 Å². The fraction of sp³-hybridized carbons (Fsp3) is 0.423. The predicted molar refractivity (Wildman–Crippen MR) is 129 cm³/mol. The van der Waals surface area contributed by atoms with E-state index in [0.717, 1.165) is 36.1 Å². The van der Waals surface area contributed by atoms with E-state index in [4.69, 9.17) is 0 Å². The third-order valence-corrected chi connectivity index (χ3v) is 6.52. The molecule has 2 heterocycles. The Bertz CT molecular complexity index is 993. The first-order valence-corrected chi connectivity index (χ1v) is 11.5. The molecule has 2 amide bonds. The third kappa shape index (κ3) is 5.74. The zero-order chi connectivity index (χ0) is 24.7. The standard InChI is InChI=1S/C26H32N4O4/c1-3-19(14-27)22(4-2)29-12-10-18(11-13-29)15-28-25(33)23(31)24(32)26(34)30-16-20-8-6-5-7-9-21(20)17-30/h3-6,8-9,18,23-24,31-32H,1-2,7,10-13,15-17H2,(H,28,33)/b22-19-/t23-,24-/m1/s1. The molecule has 3 rings (SSSR count). The number of amides is 2. The van der Waals surface area contributed by atoms with Crippen molar-refractivity contribution in [3.8, 4) is 6.07 Å². The molecule has 8 heteroatoms. The minimum absolute atomic E-state index is 0.179. The van der Waals surface area contributed by atoms with Crippen LogP contribution in [0.25, 0.3) is 0 Å². The summed E-state index contributed by atoms with van der Waals surface area (Å²) in [7, 11) is 0. The van der Waals surface area contributed by atoms with E-state index in [1.54, 1.807) is 6.08 Å². The van der Waals surface area contributed by atoms with E-state index in [0.29, 0.717) is 38.3 Å². The molecule has 0 aromatic carbocycles. The fourth-order valence-corrected chi connectivity index (χ4v) is 4.46. The van der Waals surface area contributed by atoms with E-state index in [2.05, 4.69) is 29.4 Å². The minimum atomic E-state index is -1.83. The molecular weight excluding hydrogens is 432 g/mol. The van der Waals surface area contributed by atoms with Gasteiger partial charge in [0, 0.05) is 32.7 Å². The normalized spacial score (nSPS) is 20.6. The summed E-state index contributed by atoms with van der Waals surface area (Å²) in [5, 5.41) is 32.6. The van der Waals surface area contributed by atoms with Gasteiger partial charge in [-0.3, -0.25) is 9.59 Å². The summed E-state index contributed by atoms with van der Waals surface area (Å²) in [6.45, 7) is 9.88. The molecule has 0 unspecified atom stereocenters. The number of nitriles is 1. The van der Waals surface area contributed by atoms with Crippen molar-refractivity contribution in [3.05, 3.63) is 72.0 Å². The van der Waals surface area contributed by atoms with E-state index < -0.39 is 24.0 Å². The highest BCUT2D eigenvalue weighted by molar-refractivity contribution is 5.91. The van der Waals surface area contributed by atoms with Gasteiger partial charge in [0.2, 0.25) is 0 Å². The van der Waals surface area contributed by atoms with Gasteiger partial charge in [-0.15, -0.1) is 0 Å². The summed E-state index contributed by atoms with van der Waals surface area (Å²) in [5.41, 5.74) is 3.25. The Morgan fingerprint density at radius 1 is 1.15 bits per heavy atom. The molecule has 0 aromatic rings. The van der Waals surface area contributed by atoms with Gasteiger partial charge in [-0.05, 0) is 48.5 Å². The smallest absolute Gasteiger partial charge is 0.255 e. The van der Waals surface area contributed by atoms with Gasteiger partial charge >= 0.3 is 0 Å². The number of fused-ring (bicyclic) bond motifs is 1. The maximum atomic E-state index is 12.7. The lowest BCUT2D eigenvalue weighted by atomic mass is 9.95. The summed E-state index contributed by atoms with van der Waals surface area (Å²) in [6, 6.07) is 2.12. The molecule has 0 radical (unpaired) electrons. The molecule has 2 aliphatic heterocycles. The second kappa shape index (κ2) is 11.6. The Balaban J connectivity index is 1.47. The quantitative estimate of drug-likeness (QED) is 0.369. The van der Waals surface area contributed by atoms with Crippen molar-refractivity contribution in [2.45, 2.75) is 31.5 Å². The van der Waals surface area contributed by atoms with Crippen molar-refractivity contribution >= 4 is 11.8 Å². The maximum absolute atomic E-state index is 12.7. The van der Waals surface area contributed by atoms with Crippen LogP contribution >= 0.6 is 0 Å². The number of nitrogens with one attached hydrogen (secondary N) is 1. The van der Waals surface area contributed by atoms with E-state index in [1.807, 2.05) is 24.3 Å². The number of rotatable bonds is 8. The van der Waals surface area contributed by atoms with Crippen LogP contribution in [-0.4, -0.2) is 76.8 Å². The van der Waals surface area contributed by atoms with Gasteiger partial charge in [0.05, 0.1) is 11.3 Å². The number of nitrogens with zero attached hydrogens (tertiary/aromatic N) is 3. The number of aliphatic hydroxyl groups excluding tert-OH is 2. The van der Waals surface area contributed by atoms with Crippen LogP contribution in [0.1, 0.15) is 19.3 Å². The lowest BCUT2D eigenvalue weighted by molar-refractivity contribution is -0.152. The largest absolute Gasteiger partial charge is 0.380 e. The second-order valence-electron chi connectivity index (χ2n) is 8.66. The molecular formula is C26H32N4O4. The molecule has 0 aromatic heterocycles. The van der Waals surface area contributed by atoms with Gasteiger partial charge in [-0.25, -0.2) is 0 Å². The van der Waals surface area contributed by atoms with Crippen LogP contribution < -0.4 is 5.32 Å². The van der Waals surface area contributed by atoms with Crippen LogP contribution in [0.2, 0.25) is 0 Å². The van der Waals surface area contributed by atoms with Crippen molar-refractivity contribution < 1.29 is 19.8 Å². The molecule has 2 fully saturated rings. The van der Waals surface area contributed by atoms with Crippen LogP contribution in [0.15, 0.2) is 72.0 Å². The first kappa shape index (κ1) is 25.2. The van der Waals surface area contributed by atoms with E-state index in [-0.39, 0.29) is 5.92 Å². The molecule has 34 heavy (non-hydrogen) atoms. The number of allylic oxidation sites excluding steroid dienone is 7. The Morgan fingerprint density at radius 2 is 1.85 bits per heavy atom. The third-order valence-electron chi connectivity index (χ3n) is 6.52. The van der Waals surface area contributed by atoms with E-state index in [9.17, 15) is 25.1 Å². The number of hydrogen-bond donors (Lipinski definition) is 3.